The standard InChI is InChI=1S/C14H20BrN3O/c1-10-3-2-6-18(9-10)14(16)17-8-11-4-5-13(19)12(15)7-11/h4-5,7,10,19H,2-3,6,8-9H2,1H3,(H2,16,17). The number of halogens is 1. The van der Waals surface area contributed by atoms with Crippen LogP contribution in [0.2, 0.25) is 0 Å². The number of phenols is 1. The summed E-state index contributed by atoms with van der Waals surface area (Å²) in [6.07, 6.45) is 2.46. The van der Waals surface area contributed by atoms with Crippen LogP contribution in [0.25, 0.3) is 0 Å². The molecule has 1 heterocycles. The topological polar surface area (TPSA) is 61.8 Å². The van der Waals surface area contributed by atoms with E-state index in [1.807, 2.05) is 12.1 Å². The minimum Gasteiger partial charge on any atom is -0.507 e. The van der Waals surface area contributed by atoms with Gasteiger partial charge in [-0.25, -0.2) is 4.99 Å². The third kappa shape index (κ3) is 3.86. The second-order valence-corrected chi connectivity index (χ2v) is 6.01. The van der Waals surface area contributed by atoms with Crippen LogP contribution < -0.4 is 5.73 Å². The molecule has 1 aromatic rings. The maximum atomic E-state index is 9.44. The van der Waals surface area contributed by atoms with E-state index < -0.39 is 0 Å². The molecule has 4 nitrogen and oxygen atoms in total. The summed E-state index contributed by atoms with van der Waals surface area (Å²) in [4.78, 5) is 6.60. The van der Waals surface area contributed by atoms with Gasteiger partial charge in [0.2, 0.25) is 0 Å². The molecule has 1 unspecified atom stereocenters. The summed E-state index contributed by atoms with van der Waals surface area (Å²) in [7, 11) is 0. The Morgan fingerprint density at radius 2 is 2.37 bits per heavy atom. The molecule has 0 aliphatic carbocycles. The van der Waals surface area contributed by atoms with Crippen LogP contribution >= 0.6 is 15.9 Å². The summed E-state index contributed by atoms with van der Waals surface area (Å²) in [5.74, 6) is 1.55. The smallest absolute Gasteiger partial charge is 0.191 e. The first-order valence-corrected chi connectivity index (χ1v) is 7.38. The fourth-order valence-electron chi connectivity index (χ4n) is 2.32. The van der Waals surface area contributed by atoms with Crippen molar-refractivity contribution >= 4 is 21.9 Å². The minimum atomic E-state index is 0.241. The Labute approximate surface area is 122 Å². The average Bonchev–Trinajstić information content (AvgIpc) is 2.40. The number of nitrogens with zero attached hydrogens (tertiary/aromatic N) is 2. The fourth-order valence-corrected chi connectivity index (χ4v) is 2.74. The predicted molar refractivity (Wildman–Crippen MR) is 81.1 cm³/mol. The van der Waals surface area contributed by atoms with Crippen molar-refractivity contribution in [1.29, 1.82) is 0 Å². The first-order valence-electron chi connectivity index (χ1n) is 6.58. The Morgan fingerprint density at radius 3 is 3.05 bits per heavy atom. The summed E-state index contributed by atoms with van der Waals surface area (Å²) in [6, 6.07) is 5.38. The largest absolute Gasteiger partial charge is 0.507 e. The van der Waals surface area contributed by atoms with Gasteiger partial charge in [0.15, 0.2) is 5.96 Å². The molecule has 1 fully saturated rings. The van der Waals surface area contributed by atoms with Crippen molar-refractivity contribution in [1.82, 2.24) is 4.90 Å². The van der Waals surface area contributed by atoms with E-state index >= 15 is 0 Å². The Morgan fingerprint density at radius 1 is 1.58 bits per heavy atom. The molecule has 0 spiro atoms. The number of guanidine groups is 1. The molecule has 0 bridgehead atoms. The maximum absolute atomic E-state index is 9.44. The minimum absolute atomic E-state index is 0.241. The molecular formula is C14H20BrN3O. The maximum Gasteiger partial charge on any atom is 0.191 e. The van der Waals surface area contributed by atoms with Crippen molar-refractivity contribution in [3.05, 3.63) is 28.2 Å². The Balaban J connectivity index is 1.98. The van der Waals surface area contributed by atoms with Gasteiger partial charge in [0, 0.05) is 13.1 Å². The number of hydrogen-bond acceptors (Lipinski definition) is 2. The summed E-state index contributed by atoms with van der Waals surface area (Å²) in [6.45, 7) is 4.78. The molecule has 19 heavy (non-hydrogen) atoms. The van der Waals surface area contributed by atoms with Crippen LogP contribution in [0.15, 0.2) is 27.7 Å². The van der Waals surface area contributed by atoms with Crippen molar-refractivity contribution in [2.45, 2.75) is 26.3 Å². The molecular weight excluding hydrogens is 306 g/mol. The van der Waals surface area contributed by atoms with Gasteiger partial charge >= 0.3 is 0 Å². The first-order chi connectivity index (χ1) is 9.06. The van der Waals surface area contributed by atoms with Crippen molar-refractivity contribution in [3.8, 4) is 5.75 Å². The third-order valence-electron chi connectivity index (χ3n) is 3.42. The van der Waals surface area contributed by atoms with E-state index in [1.165, 1.54) is 12.8 Å². The lowest BCUT2D eigenvalue weighted by molar-refractivity contribution is 0.270. The molecule has 3 N–H and O–H groups in total. The first kappa shape index (κ1) is 14.2. The number of likely N-dealkylation sites (tertiary alicyclic amines) is 1. The lowest BCUT2D eigenvalue weighted by Gasteiger charge is -2.31. The van der Waals surface area contributed by atoms with E-state index in [9.17, 15) is 5.11 Å². The van der Waals surface area contributed by atoms with Crippen LogP contribution in [0, 0.1) is 5.92 Å². The zero-order valence-corrected chi connectivity index (χ0v) is 12.7. The van der Waals surface area contributed by atoms with Crippen molar-refractivity contribution in [3.63, 3.8) is 0 Å². The quantitative estimate of drug-likeness (QED) is 0.649. The van der Waals surface area contributed by atoms with Gasteiger partial charge in [0.1, 0.15) is 5.75 Å². The molecule has 104 valence electrons. The highest BCUT2D eigenvalue weighted by Gasteiger charge is 2.17. The van der Waals surface area contributed by atoms with Gasteiger partial charge in [0.05, 0.1) is 11.0 Å². The van der Waals surface area contributed by atoms with Crippen LogP contribution in [0.5, 0.6) is 5.75 Å². The zero-order valence-electron chi connectivity index (χ0n) is 11.1. The normalized spacial score (nSPS) is 20.6. The third-order valence-corrected chi connectivity index (χ3v) is 4.05. The van der Waals surface area contributed by atoms with E-state index in [0.717, 1.165) is 18.7 Å². The van der Waals surface area contributed by atoms with E-state index in [1.54, 1.807) is 6.07 Å². The van der Waals surface area contributed by atoms with Gasteiger partial charge < -0.3 is 15.7 Å². The van der Waals surface area contributed by atoms with Gasteiger partial charge in [0.25, 0.3) is 0 Å². The van der Waals surface area contributed by atoms with Gasteiger partial charge in [-0.15, -0.1) is 0 Å². The van der Waals surface area contributed by atoms with Crippen LogP contribution in [-0.2, 0) is 6.54 Å². The summed E-state index contributed by atoms with van der Waals surface area (Å²) < 4.78 is 0.686. The van der Waals surface area contributed by atoms with Gasteiger partial charge in [-0.2, -0.15) is 0 Å². The highest BCUT2D eigenvalue weighted by atomic mass is 79.9. The van der Waals surface area contributed by atoms with E-state index in [-0.39, 0.29) is 5.75 Å². The van der Waals surface area contributed by atoms with Crippen LogP contribution in [0.1, 0.15) is 25.3 Å². The average molecular weight is 326 g/mol. The number of benzene rings is 1. The van der Waals surface area contributed by atoms with Gasteiger partial charge in [-0.05, 0) is 52.4 Å². The Kier molecular flexibility index (Phi) is 4.69. The van der Waals surface area contributed by atoms with E-state index in [0.29, 0.717) is 22.9 Å². The lowest BCUT2D eigenvalue weighted by atomic mass is 10.0. The SMILES string of the molecule is CC1CCCN(C(N)=NCc2ccc(O)c(Br)c2)C1. The highest BCUT2D eigenvalue weighted by molar-refractivity contribution is 9.10. The molecule has 1 aliphatic heterocycles. The summed E-state index contributed by atoms with van der Waals surface area (Å²) >= 11 is 3.30. The fraction of sp³-hybridized carbons (Fsp3) is 0.500. The molecule has 2 rings (SSSR count). The Hall–Kier alpha value is -1.23. The molecule has 5 heteroatoms. The van der Waals surface area contributed by atoms with Crippen molar-refractivity contribution in [2.75, 3.05) is 13.1 Å². The van der Waals surface area contributed by atoms with Gasteiger partial charge in [-0.1, -0.05) is 13.0 Å². The number of rotatable bonds is 2. The highest BCUT2D eigenvalue weighted by Crippen LogP contribution is 2.24. The number of nitrogens with two attached hydrogens (primary N) is 1. The predicted octanol–water partition coefficient (Wildman–Crippen LogP) is 2.70. The monoisotopic (exact) mass is 325 g/mol. The number of aliphatic imine (C=N–C) groups is 1. The molecule has 0 aromatic heterocycles. The number of piperidine rings is 1. The molecule has 1 aliphatic rings. The molecule has 0 saturated carbocycles. The Bertz CT molecular complexity index is 476. The molecule has 0 radical (unpaired) electrons. The number of phenolic OH excluding ortho intramolecular Hbond substituents is 1. The lowest BCUT2D eigenvalue weighted by Crippen LogP contribution is -2.43. The summed E-state index contributed by atoms with van der Waals surface area (Å²) in [5.41, 5.74) is 7.07. The number of hydrogen-bond donors (Lipinski definition) is 2. The number of aromatic hydroxyl groups is 1. The molecule has 1 saturated heterocycles. The van der Waals surface area contributed by atoms with Crippen molar-refractivity contribution < 1.29 is 5.11 Å². The zero-order chi connectivity index (χ0) is 13.8. The van der Waals surface area contributed by atoms with Crippen LogP contribution in [0.3, 0.4) is 0 Å². The van der Waals surface area contributed by atoms with Gasteiger partial charge in [-0.3, -0.25) is 0 Å². The molecule has 1 aromatic carbocycles. The van der Waals surface area contributed by atoms with E-state index in [2.05, 4.69) is 32.7 Å². The van der Waals surface area contributed by atoms with E-state index in [4.69, 9.17) is 5.73 Å². The molecule has 0 amide bonds. The molecule has 1 atom stereocenters. The second kappa shape index (κ2) is 6.28. The second-order valence-electron chi connectivity index (χ2n) is 5.15. The van der Waals surface area contributed by atoms with Crippen LogP contribution in [0.4, 0.5) is 0 Å². The van der Waals surface area contributed by atoms with Crippen LogP contribution in [-0.4, -0.2) is 29.1 Å². The van der Waals surface area contributed by atoms with Crippen molar-refractivity contribution in [2.24, 2.45) is 16.6 Å². The summed E-state index contributed by atoms with van der Waals surface area (Å²) in [5, 5.41) is 9.44.